The van der Waals surface area contributed by atoms with Crippen molar-refractivity contribution in [1.29, 1.82) is 0 Å². The molecule has 1 aromatic rings. The first-order chi connectivity index (χ1) is 20.0. The van der Waals surface area contributed by atoms with Crippen molar-refractivity contribution in [2.45, 2.75) is 136 Å². The zero-order chi connectivity index (χ0) is 29.0. The van der Waals surface area contributed by atoms with Crippen LogP contribution in [-0.2, 0) is 28.8 Å². The summed E-state index contributed by atoms with van der Waals surface area (Å²) in [5, 5.41) is 9.64. The lowest BCUT2D eigenvalue weighted by molar-refractivity contribution is -0.139. The Morgan fingerprint density at radius 3 is 2.32 bits per heavy atom. The van der Waals surface area contributed by atoms with Gasteiger partial charge in [0.2, 0.25) is 0 Å². The lowest BCUT2D eigenvalue weighted by atomic mass is 9.66. The molecule has 0 spiro atoms. The molecule has 0 saturated heterocycles. The highest BCUT2D eigenvalue weighted by Crippen LogP contribution is 2.45. The molecule has 1 N–H and O–H groups in total. The van der Waals surface area contributed by atoms with Crippen LogP contribution in [0.5, 0.6) is 0 Å². The Bertz CT molecular complexity index is 935. The highest BCUT2D eigenvalue weighted by atomic mass is 16.5. The number of fused-ring (bicyclic) bond motifs is 1. The Labute approximate surface area is 251 Å². The van der Waals surface area contributed by atoms with Crippen molar-refractivity contribution in [2.75, 3.05) is 13.2 Å². The van der Waals surface area contributed by atoms with Crippen LogP contribution in [-0.4, -0.2) is 24.3 Å². The van der Waals surface area contributed by atoms with Gasteiger partial charge in [0.25, 0.3) is 0 Å². The third-order valence-electron chi connectivity index (χ3n) is 11.3. The van der Waals surface area contributed by atoms with Crippen LogP contribution < -0.4 is 0 Å². The maximum absolute atomic E-state index is 11.7. The molecule has 2 saturated carbocycles. The molecule has 4 rings (SSSR count). The molecule has 3 aliphatic rings. The van der Waals surface area contributed by atoms with Crippen LogP contribution in [0.25, 0.3) is 0 Å². The van der Waals surface area contributed by atoms with Crippen molar-refractivity contribution >= 4 is 5.97 Å². The predicted molar refractivity (Wildman–Crippen MR) is 171 cm³/mol. The highest BCUT2D eigenvalue weighted by molar-refractivity contribution is 5.86. The summed E-state index contributed by atoms with van der Waals surface area (Å²) in [5.41, 5.74) is 5.32. The van der Waals surface area contributed by atoms with Gasteiger partial charge in [0.05, 0.1) is 6.61 Å². The first-order valence-corrected chi connectivity index (χ1v) is 17.5. The Balaban J connectivity index is 1.12. The third-order valence-corrected chi connectivity index (χ3v) is 11.3. The number of hydrogen-bond donors (Lipinski definition) is 1. The number of benzene rings is 1. The molecule has 0 aliphatic heterocycles. The molecule has 3 aliphatic carbocycles. The van der Waals surface area contributed by atoms with Crippen LogP contribution >= 0.6 is 0 Å². The fourth-order valence-electron chi connectivity index (χ4n) is 8.58. The molecule has 230 valence electrons. The molecule has 2 unspecified atom stereocenters. The third kappa shape index (κ3) is 9.97. The van der Waals surface area contributed by atoms with Gasteiger partial charge in [0, 0.05) is 12.2 Å². The van der Waals surface area contributed by atoms with Crippen molar-refractivity contribution in [1.82, 2.24) is 0 Å². The largest absolute Gasteiger partial charge is 0.462 e. The van der Waals surface area contributed by atoms with E-state index in [0.717, 1.165) is 36.5 Å². The summed E-state index contributed by atoms with van der Waals surface area (Å²) in [6.07, 6.45) is 24.9. The summed E-state index contributed by atoms with van der Waals surface area (Å²) < 4.78 is 5.37. The van der Waals surface area contributed by atoms with Crippen molar-refractivity contribution in [3.63, 3.8) is 0 Å². The van der Waals surface area contributed by atoms with Crippen molar-refractivity contribution in [2.24, 2.45) is 35.5 Å². The summed E-state index contributed by atoms with van der Waals surface area (Å²) in [5.74, 6) is 4.56. The standard InChI is InChI=1S/C38H60O3/c1-4-5-6-7-30-12-16-37-27-31(13-17-36(37)26-30)9-8-29-10-14-32(15-11-29)33-18-20-34(21-19-33)35(22-24-39)23-25-41-38(40)28(2)3/h12,16,26,29,31-35,39H,2,4-11,13-15,17-25,27H2,1,3H3. The predicted octanol–water partition coefficient (Wildman–Crippen LogP) is 9.43. The molecule has 2 atom stereocenters. The number of unbranched alkanes of at least 4 members (excludes halogenated alkanes) is 2. The molecule has 2 fully saturated rings. The molecule has 41 heavy (non-hydrogen) atoms. The number of carbonyl (C=O) groups excluding carboxylic acids is 1. The van der Waals surface area contributed by atoms with Crippen LogP contribution in [0, 0.1) is 35.5 Å². The van der Waals surface area contributed by atoms with Crippen molar-refractivity contribution in [3.05, 3.63) is 47.0 Å². The molecule has 0 heterocycles. The normalized spacial score (nSPS) is 27.1. The van der Waals surface area contributed by atoms with Gasteiger partial charge in [-0.15, -0.1) is 0 Å². The van der Waals surface area contributed by atoms with Crippen LogP contribution in [0.2, 0.25) is 0 Å². The molecule has 0 amide bonds. The van der Waals surface area contributed by atoms with Gasteiger partial charge in [0.1, 0.15) is 0 Å². The quantitative estimate of drug-likeness (QED) is 0.131. The fourth-order valence-corrected chi connectivity index (χ4v) is 8.58. The number of aliphatic hydroxyl groups is 1. The highest BCUT2D eigenvalue weighted by Gasteiger charge is 2.33. The Morgan fingerprint density at radius 2 is 1.63 bits per heavy atom. The average Bonchev–Trinajstić information content (AvgIpc) is 3.00. The van der Waals surface area contributed by atoms with Crippen LogP contribution in [0.4, 0.5) is 0 Å². The zero-order valence-corrected chi connectivity index (χ0v) is 26.5. The van der Waals surface area contributed by atoms with Gasteiger partial charge < -0.3 is 9.84 Å². The van der Waals surface area contributed by atoms with E-state index in [1.165, 1.54) is 109 Å². The second-order valence-electron chi connectivity index (χ2n) is 14.2. The summed E-state index contributed by atoms with van der Waals surface area (Å²) in [6.45, 7) is 8.34. The second kappa shape index (κ2) is 16.9. The van der Waals surface area contributed by atoms with Gasteiger partial charge in [-0.3, -0.25) is 0 Å². The fraction of sp³-hybridized carbons (Fsp3) is 0.763. The Hall–Kier alpha value is -1.61. The number of aryl methyl sites for hydroxylation is 2. The second-order valence-corrected chi connectivity index (χ2v) is 14.2. The van der Waals surface area contributed by atoms with Gasteiger partial charge in [-0.1, -0.05) is 63.8 Å². The van der Waals surface area contributed by atoms with Gasteiger partial charge >= 0.3 is 5.97 Å². The van der Waals surface area contributed by atoms with Gasteiger partial charge in [-0.05, 0) is 149 Å². The molecule has 0 radical (unpaired) electrons. The average molecular weight is 565 g/mol. The minimum Gasteiger partial charge on any atom is -0.462 e. The number of esters is 1. The Morgan fingerprint density at radius 1 is 0.927 bits per heavy atom. The number of rotatable bonds is 15. The van der Waals surface area contributed by atoms with E-state index in [9.17, 15) is 9.90 Å². The van der Waals surface area contributed by atoms with Gasteiger partial charge in [0.15, 0.2) is 0 Å². The lowest BCUT2D eigenvalue weighted by Gasteiger charge is -2.40. The molecule has 3 heteroatoms. The van der Waals surface area contributed by atoms with Gasteiger partial charge in [-0.2, -0.15) is 0 Å². The van der Waals surface area contributed by atoms with Gasteiger partial charge in [-0.25, -0.2) is 4.79 Å². The summed E-state index contributed by atoms with van der Waals surface area (Å²) >= 11 is 0. The molecule has 0 aromatic heterocycles. The SMILES string of the molecule is C=C(C)C(=O)OCCC(CCO)C1CCC(C2CCC(CCC3CCc4cc(CCCCC)ccc4C3)CC2)CC1. The first-order valence-electron chi connectivity index (χ1n) is 17.5. The summed E-state index contributed by atoms with van der Waals surface area (Å²) in [4.78, 5) is 11.7. The minimum absolute atomic E-state index is 0.233. The Kier molecular flexibility index (Phi) is 13.3. The smallest absolute Gasteiger partial charge is 0.333 e. The molecular weight excluding hydrogens is 504 g/mol. The minimum atomic E-state index is -0.289. The number of hydrogen-bond acceptors (Lipinski definition) is 3. The van der Waals surface area contributed by atoms with E-state index in [4.69, 9.17) is 4.74 Å². The van der Waals surface area contributed by atoms with E-state index in [1.807, 2.05) is 0 Å². The van der Waals surface area contributed by atoms with Crippen LogP contribution in [0.3, 0.4) is 0 Å². The molecule has 3 nitrogen and oxygen atoms in total. The topological polar surface area (TPSA) is 46.5 Å². The number of ether oxygens (including phenoxy) is 1. The number of aliphatic hydroxyl groups excluding tert-OH is 1. The molecular formula is C38H60O3. The maximum atomic E-state index is 11.7. The zero-order valence-electron chi connectivity index (χ0n) is 26.5. The molecule has 0 bridgehead atoms. The van der Waals surface area contributed by atoms with Crippen LogP contribution in [0.1, 0.15) is 133 Å². The first kappa shape index (κ1) is 32.3. The van der Waals surface area contributed by atoms with E-state index in [-0.39, 0.29) is 12.6 Å². The number of carbonyl (C=O) groups is 1. The van der Waals surface area contributed by atoms with Crippen LogP contribution in [0.15, 0.2) is 30.4 Å². The van der Waals surface area contributed by atoms with Crippen molar-refractivity contribution in [3.8, 4) is 0 Å². The van der Waals surface area contributed by atoms with E-state index >= 15 is 0 Å². The summed E-state index contributed by atoms with van der Waals surface area (Å²) in [6, 6.07) is 7.41. The molecule has 1 aromatic carbocycles. The van der Waals surface area contributed by atoms with E-state index in [0.29, 0.717) is 24.0 Å². The summed E-state index contributed by atoms with van der Waals surface area (Å²) in [7, 11) is 0. The lowest BCUT2D eigenvalue weighted by Crippen LogP contribution is -2.29. The van der Waals surface area contributed by atoms with E-state index < -0.39 is 0 Å². The van der Waals surface area contributed by atoms with E-state index in [1.54, 1.807) is 23.6 Å². The monoisotopic (exact) mass is 564 g/mol. The maximum Gasteiger partial charge on any atom is 0.333 e. The van der Waals surface area contributed by atoms with E-state index in [2.05, 4.69) is 31.7 Å². The van der Waals surface area contributed by atoms with Crippen molar-refractivity contribution < 1.29 is 14.6 Å².